The van der Waals surface area contributed by atoms with Gasteiger partial charge in [-0.1, -0.05) is 0 Å². The Balaban J connectivity index is 1.76. The topological polar surface area (TPSA) is 35.5 Å². The van der Waals surface area contributed by atoms with Gasteiger partial charge in [-0.15, -0.1) is 0 Å². The van der Waals surface area contributed by atoms with Gasteiger partial charge >= 0.3 is 0 Å². The lowest BCUT2D eigenvalue weighted by Gasteiger charge is -2.29. The number of phenolic OH excluding ortho intramolecular Hbond substituents is 1. The Morgan fingerprint density at radius 2 is 2.11 bits per heavy atom. The monoisotopic (exact) mass is 252 g/mol. The molecule has 2 N–H and O–H groups in total. The third-order valence-corrected chi connectivity index (χ3v) is 3.63. The van der Waals surface area contributed by atoms with Crippen LogP contribution in [0.3, 0.4) is 0 Å². The van der Waals surface area contributed by atoms with E-state index in [1.54, 1.807) is 0 Å². The van der Waals surface area contributed by atoms with Crippen molar-refractivity contribution in [3.8, 4) is 5.75 Å². The van der Waals surface area contributed by atoms with Crippen molar-refractivity contribution in [3.63, 3.8) is 0 Å². The molecule has 0 aromatic heterocycles. The molecule has 0 saturated carbocycles. The van der Waals surface area contributed by atoms with Gasteiger partial charge in [0.05, 0.1) is 0 Å². The molecule has 0 bridgehead atoms. The fraction of sp³-hybridized carbons (Fsp3) is 0.571. The molecule has 0 atom stereocenters. The van der Waals surface area contributed by atoms with Crippen LogP contribution in [0.1, 0.15) is 18.4 Å². The summed E-state index contributed by atoms with van der Waals surface area (Å²) in [7, 11) is 2.15. The molecule has 1 aromatic carbocycles. The maximum atomic E-state index is 13.0. The van der Waals surface area contributed by atoms with Crippen LogP contribution >= 0.6 is 0 Å². The zero-order valence-corrected chi connectivity index (χ0v) is 10.8. The number of nitrogens with zero attached hydrogens (tertiary/aromatic N) is 1. The first kappa shape index (κ1) is 13.3. The number of rotatable bonds is 4. The number of benzene rings is 1. The van der Waals surface area contributed by atoms with Gasteiger partial charge in [-0.05, 0) is 63.6 Å². The molecule has 1 aliphatic rings. The highest BCUT2D eigenvalue weighted by atomic mass is 19.1. The highest BCUT2D eigenvalue weighted by molar-refractivity contribution is 5.32. The van der Waals surface area contributed by atoms with Gasteiger partial charge < -0.3 is 15.3 Å². The summed E-state index contributed by atoms with van der Waals surface area (Å²) in [6.45, 7) is 3.76. The molecular formula is C14H21FN2O. The molecule has 1 fully saturated rings. The quantitative estimate of drug-likeness (QED) is 0.860. The Hall–Kier alpha value is -1.13. The number of halogens is 1. The highest BCUT2D eigenvalue weighted by Crippen LogP contribution is 2.18. The first-order chi connectivity index (χ1) is 8.65. The second-order valence-electron chi connectivity index (χ2n) is 5.15. The van der Waals surface area contributed by atoms with Crippen molar-refractivity contribution >= 4 is 0 Å². The van der Waals surface area contributed by atoms with Crippen LogP contribution in [0.4, 0.5) is 4.39 Å². The molecule has 2 rings (SSSR count). The summed E-state index contributed by atoms with van der Waals surface area (Å²) in [5.41, 5.74) is 0.628. The number of hydrogen-bond acceptors (Lipinski definition) is 3. The molecule has 4 heteroatoms. The largest absolute Gasteiger partial charge is 0.508 e. The molecule has 0 radical (unpaired) electrons. The SMILES string of the molecule is CN1CCC(CNCc2cc(F)ccc2O)CC1. The van der Waals surface area contributed by atoms with Crippen molar-refractivity contribution in [2.45, 2.75) is 19.4 Å². The lowest BCUT2D eigenvalue weighted by atomic mass is 9.97. The average Bonchev–Trinajstić information content (AvgIpc) is 2.36. The maximum Gasteiger partial charge on any atom is 0.123 e. The van der Waals surface area contributed by atoms with Crippen LogP contribution in [0.5, 0.6) is 5.75 Å². The van der Waals surface area contributed by atoms with Gasteiger partial charge in [0.15, 0.2) is 0 Å². The molecule has 1 aromatic rings. The number of nitrogens with one attached hydrogen (secondary N) is 1. The zero-order valence-electron chi connectivity index (χ0n) is 10.8. The molecular weight excluding hydrogens is 231 g/mol. The van der Waals surface area contributed by atoms with Gasteiger partial charge in [0.2, 0.25) is 0 Å². The minimum Gasteiger partial charge on any atom is -0.508 e. The molecule has 1 heterocycles. The molecule has 18 heavy (non-hydrogen) atoms. The number of aromatic hydroxyl groups is 1. The van der Waals surface area contributed by atoms with Crippen molar-refractivity contribution < 1.29 is 9.50 Å². The zero-order chi connectivity index (χ0) is 13.0. The van der Waals surface area contributed by atoms with Gasteiger partial charge in [-0.2, -0.15) is 0 Å². The van der Waals surface area contributed by atoms with E-state index < -0.39 is 0 Å². The van der Waals surface area contributed by atoms with Gasteiger partial charge in [0.1, 0.15) is 11.6 Å². The van der Waals surface area contributed by atoms with Crippen LogP contribution in [0.2, 0.25) is 0 Å². The van der Waals surface area contributed by atoms with Gasteiger partial charge in [0.25, 0.3) is 0 Å². The van der Waals surface area contributed by atoms with Gasteiger partial charge in [-0.25, -0.2) is 4.39 Å². The summed E-state index contributed by atoms with van der Waals surface area (Å²) in [4.78, 5) is 2.34. The molecule has 0 aliphatic carbocycles. The minimum atomic E-state index is -0.302. The summed E-state index contributed by atoms with van der Waals surface area (Å²) < 4.78 is 13.0. The van der Waals surface area contributed by atoms with E-state index in [4.69, 9.17) is 0 Å². The lowest BCUT2D eigenvalue weighted by molar-refractivity contribution is 0.216. The predicted octanol–water partition coefficient (Wildman–Crippen LogP) is 1.96. The lowest BCUT2D eigenvalue weighted by Crippen LogP contribution is -2.34. The molecule has 0 amide bonds. The van der Waals surface area contributed by atoms with Gasteiger partial charge in [-0.3, -0.25) is 0 Å². The molecule has 3 nitrogen and oxygen atoms in total. The summed E-state index contributed by atoms with van der Waals surface area (Å²) >= 11 is 0. The molecule has 0 spiro atoms. The number of hydrogen-bond donors (Lipinski definition) is 2. The summed E-state index contributed by atoms with van der Waals surface area (Å²) in [6, 6.07) is 4.06. The summed E-state index contributed by atoms with van der Waals surface area (Å²) in [5, 5.41) is 12.9. The Kier molecular flexibility index (Phi) is 4.55. The van der Waals surface area contributed by atoms with Crippen molar-refractivity contribution in [2.75, 3.05) is 26.7 Å². The van der Waals surface area contributed by atoms with Crippen LogP contribution in [-0.2, 0) is 6.54 Å². The van der Waals surface area contributed by atoms with E-state index in [1.165, 1.54) is 31.0 Å². The second kappa shape index (κ2) is 6.16. The Bertz CT molecular complexity index is 389. The van der Waals surface area contributed by atoms with E-state index in [0.29, 0.717) is 18.0 Å². The van der Waals surface area contributed by atoms with E-state index in [2.05, 4.69) is 17.3 Å². The van der Waals surface area contributed by atoms with E-state index in [-0.39, 0.29) is 11.6 Å². The van der Waals surface area contributed by atoms with E-state index in [9.17, 15) is 9.50 Å². The van der Waals surface area contributed by atoms with E-state index in [0.717, 1.165) is 19.6 Å². The summed E-state index contributed by atoms with van der Waals surface area (Å²) in [6.07, 6.45) is 2.41. The maximum absolute atomic E-state index is 13.0. The Morgan fingerprint density at radius 1 is 1.39 bits per heavy atom. The predicted molar refractivity (Wildman–Crippen MR) is 70.0 cm³/mol. The van der Waals surface area contributed by atoms with Crippen LogP contribution in [0.15, 0.2) is 18.2 Å². The number of piperidine rings is 1. The average molecular weight is 252 g/mol. The second-order valence-corrected chi connectivity index (χ2v) is 5.15. The molecule has 0 unspecified atom stereocenters. The third kappa shape index (κ3) is 3.68. The van der Waals surface area contributed by atoms with Crippen LogP contribution in [0, 0.1) is 11.7 Å². The van der Waals surface area contributed by atoms with Crippen LogP contribution < -0.4 is 5.32 Å². The van der Waals surface area contributed by atoms with Crippen molar-refractivity contribution in [3.05, 3.63) is 29.6 Å². The number of phenols is 1. The van der Waals surface area contributed by atoms with Crippen molar-refractivity contribution in [2.24, 2.45) is 5.92 Å². The first-order valence-electron chi connectivity index (χ1n) is 6.52. The first-order valence-corrected chi connectivity index (χ1v) is 6.52. The normalized spacial score (nSPS) is 18.1. The minimum absolute atomic E-state index is 0.160. The summed E-state index contributed by atoms with van der Waals surface area (Å²) in [5.74, 6) is 0.549. The van der Waals surface area contributed by atoms with E-state index >= 15 is 0 Å². The van der Waals surface area contributed by atoms with Gasteiger partial charge in [0, 0.05) is 12.1 Å². The fourth-order valence-corrected chi connectivity index (χ4v) is 2.37. The fourth-order valence-electron chi connectivity index (χ4n) is 2.37. The smallest absolute Gasteiger partial charge is 0.123 e. The molecule has 1 aliphatic heterocycles. The van der Waals surface area contributed by atoms with Crippen molar-refractivity contribution in [1.82, 2.24) is 10.2 Å². The van der Waals surface area contributed by atoms with E-state index in [1.807, 2.05) is 0 Å². The highest BCUT2D eigenvalue weighted by Gasteiger charge is 2.16. The third-order valence-electron chi connectivity index (χ3n) is 3.63. The Morgan fingerprint density at radius 3 is 2.83 bits per heavy atom. The van der Waals surface area contributed by atoms with Crippen molar-refractivity contribution in [1.29, 1.82) is 0 Å². The standard InChI is InChI=1S/C14H21FN2O/c1-17-6-4-11(5-7-17)9-16-10-12-8-13(15)2-3-14(12)18/h2-3,8,11,16,18H,4-7,9-10H2,1H3. The van der Waals surface area contributed by atoms with Crippen LogP contribution in [-0.4, -0.2) is 36.7 Å². The van der Waals surface area contributed by atoms with Crippen LogP contribution in [0.25, 0.3) is 0 Å². The molecule has 100 valence electrons. The molecule has 1 saturated heterocycles. The Labute approximate surface area is 108 Å². The number of likely N-dealkylation sites (tertiary alicyclic amines) is 1.